The number of aromatic amines is 1. The SMILES string of the molecule is Cc1[nH]nc(CO)c1S(=O)(=O)N1CCN(C)CC1. The highest BCUT2D eigenvalue weighted by molar-refractivity contribution is 7.89. The molecule has 0 bridgehead atoms. The van der Waals surface area contributed by atoms with Crippen molar-refractivity contribution in [2.45, 2.75) is 18.4 Å². The number of hydrogen-bond acceptors (Lipinski definition) is 5. The molecule has 2 N–H and O–H groups in total. The minimum atomic E-state index is -3.56. The Morgan fingerprint density at radius 3 is 2.50 bits per heavy atom. The number of hydrogen-bond donors (Lipinski definition) is 2. The third-order valence-electron chi connectivity index (χ3n) is 3.17. The molecule has 0 unspecified atom stereocenters. The van der Waals surface area contributed by atoms with Crippen molar-refractivity contribution in [1.29, 1.82) is 0 Å². The van der Waals surface area contributed by atoms with Crippen LogP contribution in [0, 0.1) is 6.92 Å². The zero-order chi connectivity index (χ0) is 13.3. The van der Waals surface area contributed by atoms with Gasteiger partial charge >= 0.3 is 0 Å². The summed E-state index contributed by atoms with van der Waals surface area (Å²) in [6.45, 7) is 3.62. The van der Waals surface area contributed by atoms with Crippen molar-refractivity contribution in [1.82, 2.24) is 19.4 Å². The first-order chi connectivity index (χ1) is 8.46. The van der Waals surface area contributed by atoms with Crippen molar-refractivity contribution in [3.8, 4) is 0 Å². The molecular formula is C10H18N4O3S. The maximum atomic E-state index is 12.5. The average molecular weight is 274 g/mol. The molecule has 0 spiro atoms. The van der Waals surface area contributed by atoms with Gasteiger partial charge in [-0.05, 0) is 14.0 Å². The van der Waals surface area contributed by atoms with E-state index in [4.69, 9.17) is 5.11 Å². The second-order valence-corrected chi connectivity index (χ2v) is 6.36. The normalized spacial score (nSPS) is 19.3. The van der Waals surface area contributed by atoms with Crippen LogP contribution in [0.1, 0.15) is 11.4 Å². The van der Waals surface area contributed by atoms with E-state index in [0.29, 0.717) is 31.9 Å². The van der Waals surface area contributed by atoms with Gasteiger partial charge in [0.15, 0.2) is 0 Å². The fraction of sp³-hybridized carbons (Fsp3) is 0.700. The van der Waals surface area contributed by atoms with Crippen molar-refractivity contribution in [2.24, 2.45) is 0 Å². The van der Waals surface area contributed by atoms with Crippen LogP contribution in [0.4, 0.5) is 0 Å². The topological polar surface area (TPSA) is 89.5 Å². The number of aliphatic hydroxyl groups excluding tert-OH is 1. The lowest BCUT2D eigenvalue weighted by atomic mass is 10.4. The molecule has 2 heterocycles. The standard InChI is InChI=1S/C10H18N4O3S/c1-8-10(9(7-15)12-11-8)18(16,17)14-5-3-13(2)4-6-14/h15H,3-7H2,1-2H3,(H,11,12). The third kappa shape index (κ3) is 2.28. The van der Waals surface area contributed by atoms with E-state index in [1.165, 1.54) is 4.31 Å². The van der Waals surface area contributed by atoms with Gasteiger partial charge in [-0.15, -0.1) is 0 Å². The second-order valence-electron chi connectivity index (χ2n) is 4.49. The molecule has 102 valence electrons. The number of aryl methyl sites for hydroxylation is 1. The Hall–Kier alpha value is -0.960. The predicted molar refractivity (Wildman–Crippen MR) is 65.5 cm³/mol. The van der Waals surface area contributed by atoms with Crippen molar-refractivity contribution in [3.63, 3.8) is 0 Å². The summed E-state index contributed by atoms with van der Waals surface area (Å²) in [5, 5.41) is 15.6. The molecule has 0 saturated carbocycles. The summed E-state index contributed by atoms with van der Waals surface area (Å²) in [6.07, 6.45) is 0. The zero-order valence-electron chi connectivity index (χ0n) is 10.5. The van der Waals surface area contributed by atoms with Gasteiger partial charge in [-0.3, -0.25) is 5.10 Å². The van der Waals surface area contributed by atoms with E-state index in [-0.39, 0.29) is 17.2 Å². The summed E-state index contributed by atoms with van der Waals surface area (Å²) in [4.78, 5) is 2.20. The minimum absolute atomic E-state index is 0.120. The third-order valence-corrected chi connectivity index (χ3v) is 5.27. The van der Waals surface area contributed by atoms with Crippen LogP contribution >= 0.6 is 0 Å². The molecule has 8 heteroatoms. The lowest BCUT2D eigenvalue weighted by Crippen LogP contribution is -2.47. The first kappa shape index (κ1) is 13.5. The highest BCUT2D eigenvalue weighted by Crippen LogP contribution is 2.23. The van der Waals surface area contributed by atoms with Crippen LogP contribution in [0.5, 0.6) is 0 Å². The molecule has 0 amide bonds. The Balaban J connectivity index is 2.33. The molecule has 1 fully saturated rings. The maximum absolute atomic E-state index is 12.5. The molecule has 0 atom stereocenters. The number of piperazine rings is 1. The lowest BCUT2D eigenvalue weighted by molar-refractivity contribution is 0.221. The molecule has 0 radical (unpaired) electrons. The van der Waals surface area contributed by atoms with Crippen LogP contribution in [0.3, 0.4) is 0 Å². The van der Waals surface area contributed by atoms with Crippen molar-refractivity contribution >= 4 is 10.0 Å². The van der Waals surface area contributed by atoms with Gasteiger partial charge in [-0.1, -0.05) is 0 Å². The summed E-state index contributed by atoms with van der Waals surface area (Å²) in [7, 11) is -1.60. The highest BCUT2D eigenvalue weighted by Gasteiger charge is 2.32. The molecule has 1 aliphatic heterocycles. The number of sulfonamides is 1. The monoisotopic (exact) mass is 274 g/mol. The van der Waals surface area contributed by atoms with Crippen LogP contribution in [-0.4, -0.2) is 66.2 Å². The summed E-state index contributed by atoms with van der Waals surface area (Å²) in [5.74, 6) is 0. The molecule has 0 aromatic carbocycles. The Morgan fingerprint density at radius 1 is 1.33 bits per heavy atom. The maximum Gasteiger partial charge on any atom is 0.246 e. The van der Waals surface area contributed by atoms with Crippen LogP contribution < -0.4 is 0 Å². The number of rotatable bonds is 3. The van der Waals surface area contributed by atoms with Gasteiger partial charge in [0, 0.05) is 26.2 Å². The van der Waals surface area contributed by atoms with Gasteiger partial charge in [-0.2, -0.15) is 9.40 Å². The molecule has 1 aromatic rings. The summed E-state index contributed by atoms with van der Waals surface area (Å²) in [5.41, 5.74) is 0.657. The van der Waals surface area contributed by atoms with E-state index < -0.39 is 10.0 Å². The minimum Gasteiger partial charge on any atom is -0.390 e. The molecular weight excluding hydrogens is 256 g/mol. The van der Waals surface area contributed by atoms with Gasteiger partial charge < -0.3 is 10.0 Å². The van der Waals surface area contributed by atoms with E-state index in [9.17, 15) is 8.42 Å². The van der Waals surface area contributed by atoms with Crippen LogP contribution in [-0.2, 0) is 16.6 Å². The zero-order valence-corrected chi connectivity index (χ0v) is 11.4. The molecule has 1 aromatic heterocycles. The molecule has 18 heavy (non-hydrogen) atoms. The molecule has 2 rings (SSSR count). The quantitative estimate of drug-likeness (QED) is 0.749. The van der Waals surface area contributed by atoms with Crippen LogP contribution in [0.2, 0.25) is 0 Å². The number of H-pyrrole nitrogens is 1. The average Bonchev–Trinajstić information content (AvgIpc) is 2.71. The van der Waals surface area contributed by atoms with E-state index in [0.717, 1.165) is 0 Å². The fourth-order valence-corrected chi connectivity index (χ4v) is 3.82. The Labute approximate surface area is 106 Å². The number of aromatic nitrogens is 2. The van der Waals surface area contributed by atoms with E-state index in [1.807, 2.05) is 7.05 Å². The number of nitrogens with one attached hydrogen (secondary N) is 1. The molecule has 7 nitrogen and oxygen atoms in total. The number of likely N-dealkylation sites (N-methyl/N-ethyl adjacent to an activating group) is 1. The van der Waals surface area contributed by atoms with Crippen LogP contribution in [0.25, 0.3) is 0 Å². The summed E-state index contributed by atoms with van der Waals surface area (Å²) < 4.78 is 26.4. The molecule has 0 aliphatic carbocycles. The van der Waals surface area contributed by atoms with Gasteiger partial charge in [0.05, 0.1) is 12.3 Å². The summed E-state index contributed by atoms with van der Waals surface area (Å²) in [6, 6.07) is 0. The molecule has 1 saturated heterocycles. The van der Waals surface area contributed by atoms with E-state index >= 15 is 0 Å². The number of nitrogens with zero attached hydrogens (tertiary/aromatic N) is 3. The highest BCUT2D eigenvalue weighted by atomic mass is 32.2. The smallest absolute Gasteiger partial charge is 0.246 e. The predicted octanol–water partition coefficient (Wildman–Crippen LogP) is -0.853. The van der Waals surface area contributed by atoms with Gasteiger partial charge in [0.2, 0.25) is 10.0 Å². The Kier molecular flexibility index (Phi) is 3.71. The van der Waals surface area contributed by atoms with E-state index in [1.54, 1.807) is 6.92 Å². The van der Waals surface area contributed by atoms with E-state index in [2.05, 4.69) is 15.1 Å². The Bertz CT molecular complexity index is 517. The second kappa shape index (κ2) is 4.96. The van der Waals surface area contributed by atoms with Gasteiger partial charge in [-0.25, -0.2) is 8.42 Å². The van der Waals surface area contributed by atoms with Gasteiger partial charge in [0.1, 0.15) is 10.6 Å². The molecule has 1 aliphatic rings. The van der Waals surface area contributed by atoms with Crippen LogP contribution in [0.15, 0.2) is 4.90 Å². The fourth-order valence-electron chi connectivity index (χ4n) is 2.08. The number of aliphatic hydroxyl groups is 1. The summed E-state index contributed by atoms with van der Waals surface area (Å²) >= 11 is 0. The Morgan fingerprint density at radius 2 is 1.94 bits per heavy atom. The first-order valence-electron chi connectivity index (χ1n) is 5.80. The van der Waals surface area contributed by atoms with Crippen molar-refractivity contribution < 1.29 is 13.5 Å². The van der Waals surface area contributed by atoms with Crippen molar-refractivity contribution in [2.75, 3.05) is 33.2 Å². The van der Waals surface area contributed by atoms with Gasteiger partial charge in [0.25, 0.3) is 0 Å². The van der Waals surface area contributed by atoms with Crippen molar-refractivity contribution in [3.05, 3.63) is 11.4 Å². The largest absolute Gasteiger partial charge is 0.390 e. The lowest BCUT2D eigenvalue weighted by Gasteiger charge is -2.31. The first-order valence-corrected chi connectivity index (χ1v) is 7.24.